The van der Waals surface area contributed by atoms with Crippen LogP contribution in [-0.4, -0.2) is 32.9 Å². The second-order valence-corrected chi connectivity index (χ2v) is 4.69. The molecule has 1 aliphatic carbocycles. The highest BCUT2D eigenvalue weighted by molar-refractivity contribution is 5.92. The van der Waals surface area contributed by atoms with Crippen LogP contribution in [0.25, 0.3) is 0 Å². The van der Waals surface area contributed by atoms with Gasteiger partial charge >= 0.3 is 0 Å². The molecule has 0 spiro atoms. The van der Waals surface area contributed by atoms with Crippen molar-refractivity contribution in [3.05, 3.63) is 6.33 Å². The molecule has 0 bridgehead atoms. The average Bonchev–Trinajstić information content (AvgIpc) is 2.99. The lowest BCUT2D eigenvalue weighted by Crippen LogP contribution is -2.33. The molecule has 2 rings (SSSR count). The fourth-order valence-corrected chi connectivity index (χ4v) is 2.19. The quantitative estimate of drug-likeness (QED) is 0.862. The maximum absolute atomic E-state index is 12.1. The molecule has 1 saturated carbocycles. The Bertz CT molecular complexity index is 399. The summed E-state index contributed by atoms with van der Waals surface area (Å²) < 4.78 is 7.51. The van der Waals surface area contributed by atoms with Crippen LogP contribution >= 0.6 is 0 Å². The SMILES string of the molecule is CCC(OC1CCCC1)C(=O)Nc1nncn1C. The lowest BCUT2D eigenvalue weighted by atomic mass is 10.2. The van der Waals surface area contributed by atoms with E-state index >= 15 is 0 Å². The fraction of sp³-hybridized carbons (Fsp3) is 0.750. The molecule has 1 unspecified atom stereocenters. The zero-order chi connectivity index (χ0) is 13.0. The van der Waals surface area contributed by atoms with E-state index in [9.17, 15) is 4.79 Å². The fourth-order valence-electron chi connectivity index (χ4n) is 2.19. The van der Waals surface area contributed by atoms with E-state index in [1.54, 1.807) is 17.9 Å². The molecule has 1 N–H and O–H groups in total. The van der Waals surface area contributed by atoms with Crippen LogP contribution in [0.3, 0.4) is 0 Å². The number of rotatable bonds is 5. The van der Waals surface area contributed by atoms with E-state index in [0.717, 1.165) is 12.8 Å². The monoisotopic (exact) mass is 252 g/mol. The van der Waals surface area contributed by atoms with Gasteiger partial charge in [-0.1, -0.05) is 19.8 Å². The smallest absolute Gasteiger partial charge is 0.255 e. The largest absolute Gasteiger partial charge is 0.365 e. The highest BCUT2D eigenvalue weighted by Crippen LogP contribution is 2.23. The van der Waals surface area contributed by atoms with Crippen LogP contribution in [0.15, 0.2) is 6.33 Å². The van der Waals surface area contributed by atoms with Gasteiger partial charge in [0.15, 0.2) is 0 Å². The molecule has 0 radical (unpaired) electrons. The van der Waals surface area contributed by atoms with Gasteiger partial charge in [0.25, 0.3) is 5.91 Å². The van der Waals surface area contributed by atoms with Crippen molar-refractivity contribution in [2.45, 2.75) is 51.2 Å². The van der Waals surface area contributed by atoms with Crippen molar-refractivity contribution in [2.75, 3.05) is 5.32 Å². The van der Waals surface area contributed by atoms with Gasteiger partial charge in [0.1, 0.15) is 12.4 Å². The molecule has 0 aromatic carbocycles. The summed E-state index contributed by atoms with van der Waals surface area (Å²) in [6.45, 7) is 1.95. The van der Waals surface area contributed by atoms with Crippen LogP contribution in [0, 0.1) is 0 Å². The Morgan fingerprint density at radius 1 is 1.61 bits per heavy atom. The molecule has 1 heterocycles. The first-order valence-electron chi connectivity index (χ1n) is 6.51. The van der Waals surface area contributed by atoms with Crippen molar-refractivity contribution in [3.63, 3.8) is 0 Å². The number of hydrogen-bond acceptors (Lipinski definition) is 4. The lowest BCUT2D eigenvalue weighted by Gasteiger charge is -2.19. The van der Waals surface area contributed by atoms with Gasteiger partial charge in [0, 0.05) is 7.05 Å². The van der Waals surface area contributed by atoms with Crippen LogP contribution in [0.4, 0.5) is 5.95 Å². The summed E-state index contributed by atoms with van der Waals surface area (Å²) in [4.78, 5) is 12.1. The third kappa shape index (κ3) is 3.07. The van der Waals surface area contributed by atoms with Gasteiger partial charge in [-0.2, -0.15) is 0 Å². The Morgan fingerprint density at radius 2 is 2.33 bits per heavy atom. The summed E-state index contributed by atoms with van der Waals surface area (Å²) in [5, 5.41) is 10.3. The average molecular weight is 252 g/mol. The number of aryl methyl sites for hydroxylation is 1. The number of carbonyl (C=O) groups excluding carboxylic acids is 1. The van der Waals surface area contributed by atoms with Crippen LogP contribution in [0.1, 0.15) is 39.0 Å². The minimum absolute atomic E-state index is 0.138. The third-order valence-corrected chi connectivity index (χ3v) is 3.27. The number of nitrogens with zero attached hydrogens (tertiary/aromatic N) is 3. The van der Waals surface area contributed by atoms with Crippen molar-refractivity contribution in [1.29, 1.82) is 0 Å². The van der Waals surface area contributed by atoms with E-state index in [4.69, 9.17) is 4.74 Å². The van der Waals surface area contributed by atoms with Gasteiger partial charge in [0.05, 0.1) is 6.10 Å². The molecule has 6 heteroatoms. The Balaban J connectivity index is 1.90. The highest BCUT2D eigenvalue weighted by Gasteiger charge is 2.25. The van der Waals surface area contributed by atoms with E-state index in [2.05, 4.69) is 15.5 Å². The van der Waals surface area contributed by atoms with Gasteiger partial charge in [-0.3, -0.25) is 10.1 Å². The zero-order valence-corrected chi connectivity index (χ0v) is 10.9. The Labute approximate surface area is 107 Å². The number of anilines is 1. The molecule has 18 heavy (non-hydrogen) atoms. The summed E-state index contributed by atoms with van der Waals surface area (Å²) >= 11 is 0. The van der Waals surface area contributed by atoms with Crippen molar-refractivity contribution in [2.24, 2.45) is 7.05 Å². The molecule has 1 atom stereocenters. The first-order valence-corrected chi connectivity index (χ1v) is 6.51. The maximum atomic E-state index is 12.1. The number of hydrogen-bond donors (Lipinski definition) is 1. The second kappa shape index (κ2) is 5.95. The predicted molar refractivity (Wildman–Crippen MR) is 67.1 cm³/mol. The lowest BCUT2D eigenvalue weighted by molar-refractivity contribution is -0.131. The molecule has 1 aromatic heterocycles. The standard InChI is InChI=1S/C12H20N4O2/c1-3-10(18-9-6-4-5-7-9)11(17)14-12-15-13-8-16(12)2/h8-10H,3-7H2,1-2H3,(H,14,15,17). The number of aromatic nitrogens is 3. The third-order valence-electron chi connectivity index (χ3n) is 3.27. The molecular weight excluding hydrogens is 232 g/mol. The van der Waals surface area contributed by atoms with E-state index in [0.29, 0.717) is 12.4 Å². The van der Waals surface area contributed by atoms with Gasteiger partial charge in [-0.05, 0) is 19.3 Å². The van der Waals surface area contributed by atoms with E-state index in [-0.39, 0.29) is 12.0 Å². The van der Waals surface area contributed by atoms with Crippen molar-refractivity contribution < 1.29 is 9.53 Å². The summed E-state index contributed by atoms with van der Waals surface area (Å²) in [5.74, 6) is 0.314. The van der Waals surface area contributed by atoms with Crippen molar-refractivity contribution in [1.82, 2.24) is 14.8 Å². The molecule has 1 aliphatic rings. The molecule has 6 nitrogen and oxygen atoms in total. The van der Waals surface area contributed by atoms with Crippen LogP contribution < -0.4 is 5.32 Å². The summed E-state index contributed by atoms with van der Waals surface area (Å²) in [6.07, 6.45) is 6.58. The van der Waals surface area contributed by atoms with Gasteiger partial charge in [0.2, 0.25) is 5.95 Å². The Kier molecular flexibility index (Phi) is 4.30. The summed E-state index contributed by atoms with van der Waals surface area (Å²) in [6, 6.07) is 0. The van der Waals surface area contributed by atoms with E-state index in [1.807, 2.05) is 6.92 Å². The van der Waals surface area contributed by atoms with E-state index < -0.39 is 6.10 Å². The minimum atomic E-state index is -0.398. The number of ether oxygens (including phenoxy) is 1. The Morgan fingerprint density at radius 3 is 2.89 bits per heavy atom. The molecular formula is C12H20N4O2. The van der Waals surface area contributed by atoms with Crippen LogP contribution in [-0.2, 0) is 16.6 Å². The minimum Gasteiger partial charge on any atom is -0.365 e. The second-order valence-electron chi connectivity index (χ2n) is 4.69. The summed E-state index contributed by atoms with van der Waals surface area (Å²) in [7, 11) is 1.79. The highest BCUT2D eigenvalue weighted by atomic mass is 16.5. The zero-order valence-electron chi connectivity index (χ0n) is 10.9. The van der Waals surface area contributed by atoms with Crippen molar-refractivity contribution >= 4 is 11.9 Å². The molecule has 0 aliphatic heterocycles. The van der Waals surface area contributed by atoms with Crippen LogP contribution in [0.5, 0.6) is 0 Å². The Hall–Kier alpha value is -1.43. The topological polar surface area (TPSA) is 69.0 Å². The van der Waals surface area contributed by atoms with Crippen LogP contribution in [0.2, 0.25) is 0 Å². The van der Waals surface area contributed by atoms with Gasteiger partial charge in [-0.15, -0.1) is 10.2 Å². The number of carbonyl (C=O) groups is 1. The van der Waals surface area contributed by atoms with Gasteiger partial charge in [-0.25, -0.2) is 0 Å². The molecule has 1 aromatic rings. The van der Waals surface area contributed by atoms with Crippen molar-refractivity contribution in [3.8, 4) is 0 Å². The predicted octanol–water partition coefficient (Wildman–Crippen LogP) is 1.49. The first kappa shape index (κ1) is 13.0. The number of nitrogens with one attached hydrogen (secondary N) is 1. The maximum Gasteiger partial charge on any atom is 0.255 e. The molecule has 0 saturated heterocycles. The first-order chi connectivity index (χ1) is 8.70. The molecule has 100 valence electrons. The van der Waals surface area contributed by atoms with Gasteiger partial charge < -0.3 is 9.30 Å². The number of amides is 1. The normalized spacial score (nSPS) is 17.9. The summed E-state index contributed by atoms with van der Waals surface area (Å²) in [5.41, 5.74) is 0. The van der Waals surface area contributed by atoms with E-state index in [1.165, 1.54) is 12.8 Å². The molecule has 1 fully saturated rings. The molecule has 1 amide bonds.